The number of amides is 2. The van der Waals surface area contributed by atoms with Gasteiger partial charge in [0.25, 0.3) is 11.8 Å². The minimum absolute atomic E-state index is 0.221. The van der Waals surface area contributed by atoms with Gasteiger partial charge in [0.2, 0.25) is 0 Å². The second-order valence-corrected chi connectivity index (χ2v) is 5.84. The van der Waals surface area contributed by atoms with Gasteiger partial charge in [0, 0.05) is 23.9 Å². The summed E-state index contributed by atoms with van der Waals surface area (Å²) in [4.78, 5) is 35.4. The predicted octanol–water partition coefficient (Wildman–Crippen LogP) is 2.94. The number of ether oxygens (including phenoxy) is 1. The minimum Gasteiger partial charge on any atom is -0.452 e. The molecule has 6 heteroatoms. The molecule has 2 N–H and O–H groups in total. The highest BCUT2D eigenvalue weighted by molar-refractivity contribution is 5.98. The van der Waals surface area contributed by atoms with Crippen molar-refractivity contribution in [1.29, 1.82) is 0 Å². The van der Waals surface area contributed by atoms with E-state index >= 15 is 0 Å². The number of aryl methyl sites for hydroxylation is 1. The van der Waals surface area contributed by atoms with Crippen LogP contribution in [0.4, 0.5) is 5.69 Å². The highest BCUT2D eigenvalue weighted by Gasteiger charge is 2.08. The Labute approximate surface area is 158 Å². The predicted molar refractivity (Wildman–Crippen MR) is 104 cm³/mol. The fourth-order valence-electron chi connectivity index (χ4n) is 2.22. The number of hydrogen-bond donors (Lipinski definition) is 2. The second kappa shape index (κ2) is 9.91. The molecule has 0 aliphatic rings. The Bertz CT molecular complexity index is 842. The molecule has 0 bridgehead atoms. The maximum atomic E-state index is 11.9. The van der Waals surface area contributed by atoms with E-state index in [4.69, 9.17) is 4.74 Å². The summed E-state index contributed by atoms with van der Waals surface area (Å²) in [5, 5.41) is 5.28. The van der Waals surface area contributed by atoms with Gasteiger partial charge in [-0.15, -0.1) is 0 Å². The van der Waals surface area contributed by atoms with E-state index in [-0.39, 0.29) is 5.91 Å². The van der Waals surface area contributed by atoms with Gasteiger partial charge in [-0.3, -0.25) is 9.59 Å². The van der Waals surface area contributed by atoms with Crippen molar-refractivity contribution in [2.45, 2.75) is 13.8 Å². The van der Waals surface area contributed by atoms with Gasteiger partial charge in [0.1, 0.15) is 0 Å². The number of rotatable bonds is 7. The van der Waals surface area contributed by atoms with Crippen molar-refractivity contribution in [3.8, 4) is 0 Å². The zero-order chi connectivity index (χ0) is 19.6. The van der Waals surface area contributed by atoms with Gasteiger partial charge in [-0.2, -0.15) is 0 Å². The summed E-state index contributed by atoms with van der Waals surface area (Å²) < 4.78 is 4.92. The first-order valence-corrected chi connectivity index (χ1v) is 8.57. The lowest BCUT2D eigenvalue weighted by Gasteiger charge is -2.07. The fraction of sp³-hybridized carbons (Fsp3) is 0.190. The molecule has 0 saturated carbocycles. The molecule has 0 atom stereocenters. The van der Waals surface area contributed by atoms with Crippen molar-refractivity contribution in [2.75, 3.05) is 18.5 Å². The van der Waals surface area contributed by atoms with E-state index in [9.17, 15) is 14.4 Å². The lowest BCUT2D eigenvalue weighted by molar-refractivity contribution is -0.142. The Hall–Kier alpha value is -3.41. The summed E-state index contributed by atoms with van der Waals surface area (Å²) in [6.07, 6.45) is 2.89. The van der Waals surface area contributed by atoms with E-state index in [0.717, 1.165) is 11.1 Å². The lowest BCUT2D eigenvalue weighted by Crippen LogP contribution is -2.23. The zero-order valence-corrected chi connectivity index (χ0v) is 15.3. The van der Waals surface area contributed by atoms with E-state index < -0.39 is 18.5 Å². The number of carbonyl (C=O) groups is 3. The van der Waals surface area contributed by atoms with Gasteiger partial charge in [0.05, 0.1) is 0 Å². The fourth-order valence-corrected chi connectivity index (χ4v) is 2.22. The molecule has 0 aliphatic carbocycles. The maximum Gasteiger partial charge on any atom is 0.331 e. The van der Waals surface area contributed by atoms with Gasteiger partial charge in [-0.25, -0.2) is 4.79 Å². The molecule has 0 aliphatic heterocycles. The molecule has 0 spiro atoms. The van der Waals surface area contributed by atoms with Gasteiger partial charge < -0.3 is 15.4 Å². The average Bonchev–Trinajstić information content (AvgIpc) is 2.66. The molecule has 0 saturated heterocycles. The minimum atomic E-state index is -0.609. The van der Waals surface area contributed by atoms with E-state index in [1.165, 1.54) is 6.08 Å². The molecule has 0 heterocycles. The van der Waals surface area contributed by atoms with Crippen molar-refractivity contribution < 1.29 is 19.1 Å². The first-order chi connectivity index (χ1) is 13.0. The molecule has 140 valence electrons. The van der Waals surface area contributed by atoms with Crippen LogP contribution in [0.5, 0.6) is 0 Å². The van der Waals surface area contributed by atoms with E-state index in [0.29, 0.717) is 17.8 Å². The quantitative estimate of drug-likeness (QED) is 0.583. The Morgan fingerprint density at radius 2 is 1.81 bits per heavy atom. The number of benzene rings is 2. The van der Waals surface area contributed by atoms with Crippen LogP contribution < -0.4 is 10.6 Å². The highest BCUT2D eigenvalue weighted by atomic mass is 16.5. The van der Waals surface area contributed by atoms with Crippen LogP contribution >= 0.6 is 0 Å². The monoisotopic (exact) mass is 366 g/mol. The van der Waals surface area contributed by atoms with Crippen LogP contribution in [-0.2, 0) is 14.3 Å². The number of esters is 1. The Balaban J connectivity index is 1.83. The molecule has 0 fully saturated rings. The summed E-state index contributed by atoms with van der Waals surface area (Å²) in [5.41, 5.74) is 2.88. The van der Waals surface area contributed by atoms with Gasteiger partial charge in [-0.1, -0.05) is 35.9 Å². The molecule has 27 heavy (non-hydrogen) atoms. The van der Waals surface area contributed by atoms with Gasteiger partial charge in [-0.05, 0) is 43.7 Å². The van der Waals surface area contributed by atoms with Crippen LogP contribution in [0, 0.1) is 6.92 Å². The molecule has 2 aromatic rings. The lowest BCUT2D eigenvalue weighted by atomic mass is 10.1. The third-order valence-corrected chi connectivity index (χ3v) is 3.58. The van der Waals surface area contributed by atoms with Crippen molar-refractivity contribution in [3.05, 3.63) is 71.3 Å². The number of hydrogen-bond acceptors (Lipinski definition) is 4. The molecule has 0 radical (unpaired) electrons. The molecule has 2 aromatic carbocycles. The molecule has 2 rings (SSSR count). The molecule has 6 nitrogen and oxygen atoms in total. The van der Waals surface area contributed by atoms with E-state index in [2.05, 4.69) is 10.6 Å². The van der Waals surface area contributed by atoms with Crippen molar-refractivity contribution in [2.24, 2.45) is 0 Å². The average molecular weight is 366 g/mol. The summed E-state index contributed by atoms with van der Waals surface area (Å²) >= 11 is 0. The van der Waals surface area contributed by atoms with Crippen molar-refractivity contribution in [1.82, 2.24) is 5.32 Å². The smallest absolute Gasteiger partial charge is 0.331 e. The number of anilines is 1. The van der Waals surface area contributed by atoms with Crippen LogP contribution in [0.15, 0.2) is 54.6 Å². The summed E-state index contributed by atoms with van der Waals surface area (Å²) in [6.45, 7) is 3.90. The molecule has 0 aromatic heterocycles. The highest BCUT2D eigenvalue weighted by Crippen LogP contribution is 2.11. The van der Waals surface area contributed by atoms with Crippen LogP contribution in [0.1, 0.15) is 28.4 Å². The van der Waals surface area contributed by atoms with Crippen molar-refractivity contribution in [3.63, 3.8) is 0 Å². The first-order valence-electron chi connectivity index (χ1n) is 8.57. The Kier molecular flexibility index (Phi) is 7.31. The largest absolute Gasteiger partial charge is 0.452 e. The van der Waals surface area contributed by atoms with E-state index in [1.807, 2.05) is 38.1 Å². The topological polar surface area (TPSA) is 84.5 Å². The van der Waals surface area contributed by atoms with Crippen LogP contribution in [0.2, 0.25) is 0 Å². The number of nitrogens with one attached hydrogen (secondary N) is 2. The van der Waals surface area contributed by atoms with Crippen LogP contribution in [0.3, 0.4) is 0 Å². The third kappa shape index (κ3) is 6.78. The van der Waals surface area contributed by atoms with Crippen LogP contribution in [0.25, 0.3) is 6.08 Å². The molecular weight excluding hydrogens is 344 g/mol. The van der Waals surface area contributed by atoms with E-state index in [1.54, 1.807) is 30.3 Å². The molecular formula is C21H22N2O4. The summed E-state index contributed by atoms with van der Waals surface area (Å²) in [6, 6.07) is 14.2. The Morgan fingerprint density at radius 1 is 1.07 bits per heavy atom. The summed E-state index contributed by atoms with van der Waals surface area (Å²) in [7, 11) is 0. The van der Waals surface area contributed by atoms with Gasteiger partial charge >= 0.3 is 5.97 Å². The standard InChI is InChI=1S/C21H22N2O4/c1-3-22-21(26)17-5-4-6-18(13-17)23-19(24)14-27-20(25)12-11-16-9-7-15(2)8-10-16/h4-13H,3,14H2,1-2H3,(H,22,26)(H,23,24)/b12-11+. The zero-order valence-electron chi connectivity index (χ0n) is 15.3. The Morgan fingerprint density at radius 3 is 2.52 bits per heavy atom. The maximum absolute atomic E-state index is 11.9. The second-order valence-electron chi connectivity index (χ2n) is 5.84. The van der Waals surface area contributed by atoms with Gasteiger partial charge in [0.15, 0.2) is 6.61 Å². The summed E-state index contributed by atoms with van der Waals surface area (Å²) in [5.74, 6) is -1.32. The number of carbonyl (C=O) groups excluding carboxylic acids is 3. The first kappa shape index (κ1) is 19.9. The molecule has 0 unspecified atom stereocenters. The normalized spacial score (nSPS) is 10.4. The van der Waals surface area contributed by atoms with Crippen LogP contribution in [-0.4, -0.2) is 30.9 Å². The molecule has 2 amide bonds. The van der Waals surface area contributed by atoms with Crippen molar-refractivity contribution >= 4 is 29.5 Å². The SMILES string of the molecule is CCNC(=O)c1cccc(NC(=O)COC(=O)/C=C/c2ccc(C)cc2)c1. The third-order valence-electron chi connectivity index (χ3n) is 3.58.